The number of phenolic OH excluding ortho intramolecular Hbond substituents is 1. The van der Waals surface area contributed by atoms with Crippen molar-refractivity contribution < 1.29 is 14.6 Å². The summed E-state index contributed by atoms with van der Waals surface area (Å²) in [7, 11) is 5.03. The number of nitrogens with one attached hydrogen (secondary N) is 1. The van der Waals surface area contributed by atoms with Crippen LogP contribution >= 0.6 is 27.3 Å². The normalized spacial score (nSPS) is 11.3. The largest absolute Gasteiger partial charge is 0.502 e. The Labute approximate surface area is 166 Å². The van der Waals surface area contributed by atoms with Crippen LogP contribution in [0.3, 0.4) is 0 Å². The molecule has 0 saturated heterocycles. The number of thiophene rings is 1. The third-order valence-electron chi connectivity index (χ3n) is 3.67. The zero-order valence-electron chi connectivity index (χ0n) is 15.4. The first kappa shape index (κ1) is 20.4. The van der Waals surface area contributed by atoms with Crippen molar-refractivity contribution in [1.29, 1.82) is 0 Å². The van der Waals surface area contributed by atoms with Crippen LogP contribution < -0.4 is 14.8 Å². The fourth-order valence-corrected chi connectivity index (χ4v) is 3.96. The first-order chi connectivity index (χ1) is 12.5. The summed E-state index contributed by atoms with van der Waals surface area (Å²) < 4.78 is 11.5. The minimum Gasteiger partial charge on any atom is -0.502 e. The van der Waals surface area contributed by atoms with Gasteiger partial charge in [-0.15, -0.1) is 11.3 Å². The number of methoxy groups -OCH3 is 2. The highest BCUT2D eigenvalue weighted by atomic mass is 79.9. The average Bonchev–Trinajstić information content (AvgIpc) is 3.04. The summed E-state index contributed by atoms with van der Waals surface area (Å²) in [6.07, 6.45) is 0. The quantitative estimate of drug-likeness (QED) is 0.504. The van der Waals surface area contributed by atoms with E-state index in [9.17, 15) is 5.11 Å². The van der Waals surface area contributed by atoms with Gasteiger partial charge < -0.3 is 24.8 Å². The molecule has 0 atom stereocenters. The van der Waals surface area contributed by atoms with Crippen molar-refractivity contribution >= 4 is 33.2 Å². The van der Waals surface area contributed by atoms with Crippen molar-refractivity contribution in [3.8, 4) is 17.2 Å². The molecule has 1 aromatic heterocycles. The molecule has 1 aromatic carbocycles. The molecule has 0 fully saturated rings. The molecule has 142 valence electrons. The van der Waals surface area contributed by atoms with Gasteiger partial charge in [0.25, 0.3) is 0 Å². The highest BCUT2D eigenvalue weighted by molar-refractivity contribution is 9.11. The number of phenols is 1. The summed E-state index contributed by atoms with van der Waals surface area (Å²) in [5.41, 5.74) is 0.888. The van der Waals surface area contributed by atoms with Crippen LogP contribution in [-0.4, -0.2) is 43.8 Å². The van der Waals surface area contributed by atoms with Gasteiger partial charge in [-0.25, -0.2) is 4.99 Å². The monoisotopic (exact) mass is 441 g/mol. The second kappa shape index (κ2) is 9.68. The molecule has 0 unspecified atom stereocenters. The lowest BCUT2D eigenvalue weighted by molar-refractivity contribution is 0.339. The van der Waals surface area contributed by atoms with E-state index in [1.54, 1.807) is 23.5 Å². The molecule has 0 amide bonds. The first-order valence-electron chi connectivity index (χ1n) is 8.16. The number of halogens is 1. The summed E-state index contributed by atoms with van der Waals surface area (Å²) in [6.45, 7) is 4.02. The molecule has 0 bridgehead atoms. The summed E-state index contributed by atoms with van der Waals surface area (Å²) in [6, 6.07) is 7.68. The van der Waals surface area contributed by atoms with E-state index in [0.717, 1.165) is 28.4 Å². The van der Waals surface area contributed by atoms with Crippen LogP contribution in [0.4, 0.5) is 0 Å². The summed E-state index contributed by atoms with van der Waals surface area (Å²) in [5.74, 6) is 1.55. The summed E-state index contributed by atoms with van der Waals surface area (Å²) in [4.78, 5) is 8.03. The van der Waals surface area contributed by atoms with Crippen molar-refractivity contribution in [2.45, 2.75) is 20.0 Å². The number of ether oxygens (including phenoxy) is 2. The molecule has 0 aliphatic heterocycles. The van der Waals surface area contributed by atoms with E-state index in [0.29, 0.717) is 18.0 Å². The van der Waals surface area contributed by atoms with Crippen LogP contribution in [0.2, 0.25) is 0 Å². The van der Waals surface area contributed by atoms with Crippen LogP contribution in [0, 0.1) is 0 Å². The van der Waals surface area contributed by atoms with Crippen molar-refractivity contribution in [2.75, 3.05) is 27.8 Å². The molecular weight excluding hydrogens is 418 g/mol. The number of hydrogen-bond donors (Lipinski definition) is 2. The standard InChI is InChI=1S/C18H24BrN3O3S/c1-5-20-18(22(2)11-13-6-7-16(19)26-13)21-10-12-8-14(24-3)17(23)15(9-12)25-4/h6-9,23H,5,10-11H2,1-4H3,(H,20,21). The summed E-state index contributed by atoms with van der Waals surface area (Å²) >= 11 is 5.20. The number of rotatable bonds is 7. The van der Waals surface area contributed by atoms with Gasteiger partial charge in [0, 0.05) is 18.5 Å². The summed E-state index contributed by atoms with van der Waals surface area (Å²) in [5, 5.41) is 13.3. The van der Waals surface area contributed by atoms with Crippen LogP contribution in [0.5, 0.6) is 17.2 Å². The maximum absolute atomic E-state index is 10.0. The molecule has 2 aromatic rings. The molecule has 0 aliphatic rings. The van der Waals surface area contributed by atoms with Crippen molar-refractivity contribution in [1.82, 2.24) is 10.2 Å². The number of benzene rings is 1. The SMILES string of the molecule is CCNC(=NCc1cc(OC)c(O)c(OC)c1)N(C)Cc1ccc(Br)s1. The molecule has 0 spiro atoms. The van der Waals surface area contributed by atoms with Crippen molar-refractivity contribution in [3.05, 3.63) is 38.5 Å². The highest BCUT2D eigenvalue weighted by Crippen LogP contribution is 2.37. The molecule has 2 N–H and O–H groups in total. The molecule has 6 nitrogen and oxygen atoms in total. The Morgan fingerprint density at radius 2 is 1.92 bits per heavy atom. The molecular formula is C18H24BrN3O3S. The van der Waals surface area contributed by atoms with Crippen molar-refractivity contribution in [3.63, 3.8) is 0 Å². The molecule has 0 aliphatic carbocycles. The van der Waals surface area contributed by atoms with E-state index in [1.165, 1.54) is 19.1 Å². The average molecular weight is 442 g/mol. The Morgan fingerprint density at radius 1 is 1.27 bits per heavy atom. The van der Waals surface area contributed by atoms with E-state index < -0.39 is 0 Å². The van der Waals surface area contributed by atoms with E-state index in [2.05, 4.69) is 32.2 Å². The lowest BCUT2D eigenvalue weighted by Crippen LogP contribution is -2.38. The number of guanidine groups is 1. The van der Waals surface area contributed by atoms with E-state index >= 15 is 0 Å². The Kier molecular flexibility index (Phi) is 7.59. The van der Waals surface area contributed by atoms with Gasteiger partial charge in [0.1, 0.15) is 0 Å². The molecule has 2 rings (SSSR count). The van der Waals surface area contributed by atoms with Gasteiger partial charge in [-0.2, -0.15) is 0 Å². The lowest BCUT2D eigenvalue weighted by atomic mass is 10.2. The smallest absolute Gasteiger partial charge is 0.200 e. The molecule has 1 heterocycles. The lowest BCUT2D eigenvalue weighted by Gasteiger charge is -2.21. The van der Waals surface area contributed by atoms with Gasteiger partial charge in [-0.1, -0.05) is 0 Å². The molecule has 0 radical (unpaired) electrons. The van der Waals surface area contributed by atoms with Gasteiger partial charge in [0.15, 0.2) is 17.5 Å². The Hall–Kier alpha value is -1.93. The number of aliphatic imine (C=N–C) groups is 1. The Bertz CT molecular complexity index is 739. The zero-order valence-corrected chi connectivity index (χ0v) is 17.8. The second-order valence-electron chi connectivity index (χ2n) is 5.58. The fraction of sp³-hybridized carbons (Fsp3) is 0.389. The van der Waals surface area contributed by atoms with Gasteiger partial charge >= 0.3 is 0 Å². The predicted octanol–water partition coefficient (Wildman–Crippen LogP) is 3.83. The van der Waals surface area contributed by atoms with E-state index in [1.807, 2.05) is 20.0 Å². The van der Waals surface area contributed by atoms with Gasteiger partial charge in [-0.05, 0) is 52.7 Å². The Morgan fingerprint density at radius 3 is 2.42 bits per heavy atom. The Balaban J connectivity index is 2.17. The number of nitrogens with zero attached hydrogens (tertiary/aromatic N) is 2. The minimum absolute atomic E-state index is 0.00460. The van der Waals surface area contributed by atoms with Crippen LogP contribution in [-0.2, 0) is 13.1 Å². The zero-order chi connectivity index (χ0) is 19.1. The van der Waals surface area contributed by atoms with Gasteiger partial charge in [0.05, 0.1) is 31.1 Å². The molecule has 26 heavy (non-hydrogen) atoms. The molecule has 8 heteroatoms. The minimum atomic E-state index is -0.00460. The number of aromatic hydroxyl groups is 1. The van der Waals surface area contributed by atoms with Crippen molar-refractivity contribution in [2.24, 2.45) is 4.99 Å². The van der Waals surface area contributed by atoms with E-state index in [4.69, 9.17) is 14.5 Å². The highest BCUT2D eigenvalue weighted by Gasteiger charge is 2.12. The third-order valence-corrected chi connectivity index (χ3v) is 5.28. The topological polar surface area (TPSA) is 66.3 Å². The van der Waals surface area contributed by atoms with Crippen LogP contribution in [0.15, 0.2) is 33.0 Å². The third kappa shape index (κ3) is 5.28. The maximum atomic E-state index is 10.0. The second-order valence-corrected chi connectivity index (χ2v) is 8.13. The van der Waals surface area contributed by atoms with Crippen LogP contribution in [0.1, 0.15) is 17.4 Å². The predicted molar refractivity (Wildman–Crippen MR) is 110 cm³/mol. The van der Waals surface area contributed by atoms with E-state index in [-0.39, 0.29) is 5.75 Å². The first-order valence-corrected chi connectivity index (χ1v) is 9.77. The van der Waals surface area contributed by atoms with Gasteiger partial charge in [-0.3, -0.25) is 0 Å². The van der Waals surface area contributed by atoms with Gasteiger partial charge in [0.2, 0.25) is 5.75 Å². The fourth-order valence-electron chi connectivity index (χ4n) is 2.42. The van der Waals surface area contributed by atoms with Crippen LogP contribution in [0.25, 0.3) is 0 Å². The maximum Gasteiger partial charge on any atom is 0.200 e. The number of hydrogen-bond acceptors (Lipinski definition) is 5. The molecule has 0 saturated carbocycles.